The van der Waals surface area contributed by atoms with Crippen LogP contribution in [0, 0.1) is 6.92 Å². The fraction of sp³-hybridized carbons (Fsp3) is 0.158. The third kappa shape index (κ3) is 4.71. The summed E-state index contributed by atoms with van der Waals surface area (Å²) in [4.78, 5) is 4.36. The fourth-order valence-electron chi connectivity index (χ4n) is 2.28. The first-order valence-electron chi connectivity index (χ1n) is 8.39. The van der Waals surface area contributed by atoms with Crippen molar-refractivity contribution in [3.05, 3.63) is 70.8 Å². The Morgan fingerprint density at radius 1 is 1.04 bits per heavy atom. The standard InChI is InChI=1S/C19H15ClN4O3S/c1-12-2-8-15(9-3-12)25-10-17-22-23-19(26-17)28-11-16-21-18(27-24-16)13-4-6-14(20)7-5-13/h2-9H,10-11H2,1H3. The number of ether oxygens (including phenoxy) is 1. The molecule has 0 amide bonds. The van der Waals surface area contributed by atoms with Gasteiger partial charge in [-0.25, -0.2) is 0 Å². The second-order valence-electron chi connectivity index (χ2n) is 5.87. The first kappa shape index (κ1) is 18.5. The largest absolute Gasteiger partial charge is 0.484 e. The van der Waals surface area contributed by atoms with Crippen molar-refractivity contribution >= 4 is 23.4 Å². The van der Waals surface area contributed by atoms with Gasteiger partial charge in [-0.2, -0.15) is 4.98 Å². The minimum atomic E-state index is 0.208. The summed E-state index contributed by atoms with van der Waals surface area (Å²) in [6.45, 7) is 2.23. The average molecular weight is 415 g/mol. The minimum absolute atomic E-state index is 0.208. The maximum absolute atomic E-state index is 5.89. The molecule has 4 rings (SSSR count). The van der Waals surface area contributed by atoms with E-state index in [-0.39, 0.29) is 6.61 Å². The van der Waals surface area contributed by atoms with Gasteiger partial charge in [0.2, 0.25) is 0 Å². The Labute approximate surface area is 170 Å². The molecule has 0 fully saturated rings. The average Bonchev–Trinajstić information content (AvgIpc) is 3.36. The van der Waals surface area contributed by atoms with Crippen LogP contribution >= 0.6 is 23.4 Å². The molecule has 0 spiro atoms. The monoisotopic (exact) mass is 414 g/mol. The number of hydrogen-bond acceptors (Lipinski definition) is 8. The van der Waals surface area contributed by atoms with Crippen LogP contribution in [0.5, 0.6) is 5.75 Å². The van der Waals surface area contributed by atoms with E-state index in [4.69, 9.17) is 25.3 Å². The van der Waals surface area contributed by atoms with Crippen LogP contribution in [-0.4, -0.2) is 20.3 Å². The Hall–Kier alpha value is -2.84. The van der Waals surface area contributed by atoms with Crippen LogP contribution < -0.4 is 4.74 Å². The van der Waals surface area contributed by atoms with E-state index >= 15 is 0 Å². The van der Waals surface area contributed by atoms with E-state index in [1.54, 1.807) is 12.1 Å². The van der Waals surface area contributed by atoms with Gasteiger partial charge >= 0.3 is 0 Å². The predicted molar refractivity (Wildman–Crippen MR) is 104 cm³/mol. The summed E-state index contributed by atoms with van der Waals surface area (Å²) in [6.07, 6.45) is 0. The van der Waals surface area contributed by atoms with Gasteiger partial charge in [-0.05, 0) is 43.3 Å². The highest BCUT2D eigenvalue weighted by atomic mass is 35.5. The molecule has 7 nitrogen and oxygen atoms in total. The quantitative estimate of drug-likeness (QED) is 0.392. The van der Waals surface area contributed by atoms with Crippen molar-refractivity contribution in [3.63, 3.8) is 0 Å². The van der Waals surface area contributed by atoms with E-state index in [0.29, 0.717) is 33.6 Å². The maximum atomic E-state index is 5.89. The van der Waals surface area contributed by atoms with Gasteiger partial charge in [-0.3, -0.25) is 0 Å². The molecule has 4 aromatic rings. The number of aryl methyl sites for hydroxylation is 1. The van der Waals surface area contributed by atoms with Crippen molar-refractivity contribution in [1.29, 1.82) is 0 Å². The third-order valence-corrected chi connectivity index (χ3v) is 4.78. The van der Waals surface area contributed by atoms with Crippen LogP contribution in [-0.2, 0) is 12.4 Å². The molecule has 28 heavy (non-hydrogen) atoms. The molecule has 2 heterocycles. The van der Waals surface area contributed by atoms with Gasteiger partial charge in [0.1, 0.15) is 5.75 Å². The minimum Gasteiger partial charge on any atom is -0.484 e. The van der Waals surface area contributed by atoms with Gasteiger partial charge in [-0.1, -0.05) is 46.2 Å². The molecule has 0 aliphatic heterocycles. The SMILES string of the molecule is Cc1ccc(OCc2nnc(SCc3noc(-c4ccc(Cl)cc4)n3)o2)cc1. The lowest BCUT2D eigenvalue weighted by Crippen LogP contribution is -1.95. The fourth-order valence-corrected chi connectivity index (χ4v) is 3.03. The van der Waals surface area contributed by atoms with E-state index in [9.17, 15) is 0 Å². The topological polar surface area (TPSA) is 87.1 Å². The number of benzene rings is 2. The highest BCUT2D eigenvalue weighted by molar-refractivity contribution is 7.98. The second-order valence-corrected chi connectivity index (χ2v) is 7.24. The van der Waals surface area contributed by atoms with Gasteiger partial charge in [0, 0.05) is 10.6 Å². The molecular formula is C19H15ClN4O3S. The van der Waals surface area contributed by atoms with Crippen molar-refractivity contribution in [2.75, 3.05) is 0 Å². The molecule has 0 saturated heterocycles. The first-order chi connectivity index (χ1) is 13.7. The molecule has 0 radical (unpaired) electrons. The number of thioether (sulfide) groups is 1. The summed E-state index contributed by atoms with van der Waals surface area (Å²) in [6, 6.07) is 14.9. The summed E-state index contributed by atoms with van der Waals surface area (Å²) >= 11 is 7.21. The molecule has 0 atom stereocenters. The number of aromatic nitrogens is 4. The molecule has 2 aromatic heterocycles. The van der Waals surface area contributed by atoms with Crippen molar-refractivity contribution < 1.29 is 13.7 Å². The third-order valence-electron chi connectivity index (χ3n) is 3.72. The molecule has 0 N–H and O–H groups in total. The Morgan fingerprint density at radius 3 is 2.61 bits per heavy atom. The summed E-state index contributed by atoms with van der Waals surface area (Å²) in [5.74, 6) is 2.56. The maximum Gasteiger partial charge on any atom is 0.277 e. The highest BCUT2D eigenvalue weighted by Crippen LogP contribution is 2.24. The van der Waals surface area contributed by atoms with E-state index in [2.05, 4.69) is 20.3 Å². The smallest absolute Gasteiger partial charge is 0.277 e. The summed E-state index contributed by atoms with van der Waals surface area (Å²) in [5.41, 5.74) is 1.98. The summed E-state index contributed by atoms with van der Waals surface area (Å²) < 4.78 is 16.5. The van der Waals surface area contributed by atoms with Crippen molar-refractivity contribution in [2.24, 2.45) is 0 Å². The zero-order valence-electron chi connectivity index (χ0n) is 14.8. The van der Waals surface area contributed by atoms with Crippen molar-refractivity contribution in [2.45, 2.75) is 24.5 Å². The van der Waals surface area contributed by atoms with Crippen LogP contribution in [0.15, 0.2) is 62.7 Å². The molecule has 0 bridgehead atoms. The van der Waals surface area contributed by atoms with Gasteiger partial charge in [0.05, 0.1) is 5.75 Å². The molecule has 0 aliphatic carbocycles. The lowest BCUT2D eigenvalue weighted by Gasteiger charge is -2.02. The predicted octanol–water partition coefficient (Wildman–Crippen LogP) is 4.95. The zero-order valence-corrected chi connectivity index (χ0v) is 16.4. The molecular weight excluding hydrogens is 400 g/mol. The lowest BCUT2D eigenvalue weighted by atomic mass is 10.2. The van der Waals surface area contributed by atoms with Crippen LogP contribution in [0.25, 0.3) is 11.5 Å². The van der Waals surface area contributed by atoms with E-state index in [1.165, 1.54) is 17.3 Å². The molecule has 0 saturated carbocycles. The Kier molecular flexibility index (Phi) is 5.59. The van der Waals surface area contributed by atoms with Gasteiger partial charge in [-0.15, -0.1) is 10.2 Å². The van der Waals surface area contributed by atoms with Crippen LogP contribution in [0.2, 0.25) is 5.02 Å². The summed E-state index contributed by atoms with van der Waals surface area (Å²) in [5, 5.41) is 13.0. The first-order valence-corrected chi connectivity index (χ1v) is 9.75. The number of halogens is 1. The Bertz CT molecular complexity index is 1050. The van der Waals surface area contributed by atoms with E-state index < -0.39 is 0 Å². The van der Waals surface area contributed by atoms with Gasteiger partial charge in [0.25, 0.3) is 17.0 Å². The Balaban J connectivity index is 1.31. The Morgan fingerprint density at radius 2 is 1.82 bits per heavy atom. The van der Waals surface area contributed by atoms with E-state index in [0.717, 1.165) is 11.3 Å². The molecule has 2 aromatic carbocycles. The number of nitrogens with zero attached hydrogens (tertiary/aromatic N) is 4. The lowest BCUT2D eigenvalue weighted by molar-refractivity contribution is 0.252. The highest BCUT2D eigenvalue weighted by Gasteiger charge is 2.12. The summed E-state index contributed by atoms with van der Waals surface area (Å²) in [7, 11) is 0. The second kappa shape index (κ2) is 8.45. The number of hydrogen-bond donors (Lipinski definition) is 0. The van der Waals surface area contributed by atoms with Crippen molar-refractivity contribution in [1.82, 2.24) is 20.3 Å². The number of rotatable bonds is 7. The molecule has 0 unspecified atom stereocenters. The molecule has 142 valence electrons. The van der Waals surface area contributed by atoms with Crippen LogP contribution in [0.4, 0.5) is 0 Å². The van der Waals surface area contributed by atoms with Crippen LogP contribution in [0.3, 0.4) is 0 Å². The molecule has 0 aliphatic rings. The van der Waals surface area contributed by atoms with Gasteiger partial charge < -0.3 is 13.7 Å². The van der Waals surface area contributed by atoms with Crippen LogP contribution in [0.1, 0.15) is 17.3 Å². The van der Waals surface area contributed by atoms with Gasteiger partial charge in [0.15, 0.2) is 12.4 Å². The van der Waals surface area contributed by atoms with E-state index in [1.807, 2.05) is 43.3 Å². The normalized spacial score (nSPS) is 10.9. The zero-order chi connectivity index (χ0) is 19.3. The molecule has 9 heteroatoms. The van der Waals surface area contributed by atoms with Crippen molar-refractivity contribution in [3.8, 4) is 17.2 Å².